The van der Waals surface area contributed by atoms with Crippen LogP contribution in [0.1, 0.15) is 19.3 Å². The van der Waals surface area contributed by atoms with Crippen LogP contribution in [0.5, 0.6) is 0 Å². The van der Waals surface area contributed by atoms with Crippen LogP contribution >= 0.6 is 24.8 Å². The van der Waals surface area contributed by atoms with E-state index in [1.54, 1.807) is 6.33 Å². The Bertz CT molecular complexity index is 601. The molecule has 1 aliphatic rings. The molecule has 1 heterocycles. The summed E-state index contributed by atoms with van der Waals surface area (Å²) in [6, 6.07) is 5.73. The molecule has 0 radical (unpaired) electrons. The number of rotatable bonds is 3. The second kappa shape index (κ2) is 7.64. The Kier molecular flexibility index (Phi) is 6.45. The number of aromatic amines is 1. The molecule has 1 fully saturated rings. The quantitative estimate of drug-likeness (QED) is 0.808. The van der Waals surface area contributed by atoms with Crippen molar-refractivity contribution < 1.29 is 4.79 Å². The van der Waals surface area contributed by atoms with E-state index >= 15 is 0 Å². The van der Waals surface area contributed by atoms with Gasteiger partial charge in [-0.2, -0.15) is 0 Å². The number of fused-ring (bicyclic) bond motifs is 1. The maximum Gasteiger partial charge on any atom is 0.227 e. The molecule has 1 amide bonds. The molecule has 21 heavy (non-hydrogen) atoms. The molecule has 0 saturated heterocycles. The minimum atomic E-state index is 0. The van der Waals surface area contributed by atoms with Crippen LogP contribution < -0.4 is 11.1 Å². The van der Waals surface area contributed by atoms with Crippen molar-refractivity contribution in [2.75, 3.05) is 11.9 Å². The minimum absolute atomic E-state index is 0. The number of aromatic nitrogens is 2. The summed E-state index contributed by atoms with van der Waals surface area (Å²) in [5, 5.41) is 3.00. The van der Waals surface area contributed by atoms with E-state index in [0.29, 0.717) is 12.5 Å². The monoisotopic (exact) mass is 330 g/mol. The molecule has 0 unspecified atom stereocenters. The molecule has 3 rings (SSSR count). The summed E-state index contributed by atoms with van der Waals surface area (Å²) in [5.41, 5.74) is 8.24. The van der Waals surface area contributed by atoms with E-state index in [1.165, 1.54) is 0 Å². The fourth-order valence-corrected chi connectivity index (χ4v) is 2.96. The zero-order valence-electron chi connectivity index (χ0n) is 11.5. The Morgan fingerprint density at radius 1 is 1.38 bits per heavy atom. The molecule has 7 heteroatoms. The number of para-hydroxylation sites is 1. The van der Waals surface area contributed by atoms with Crippen molar-refractivity contribution in [3.63, 3.8) is 0 Å². The van der Waals surface area contributed by atoms with Crippen molar-refractivity contribution in [3.05, 3.63) is 24.5 Å². The van der Waals surface area contributed by atoms with E-state index < -0.39 is 0 Å². The van der Waals surface area contributed by atoms with Crippen LogP contribution in [0.2, 0.25) is 0 Å². The van der Waals surface area contributed by atoms with E-state index in [0.717, 1.165) is 36.0 Å². The molecule has 2 aromatic rings. The van der Waals surface area contributed by atoms with Gasteiger partial charge in [0.15, 0.2) is 0 Å². The lowest BCUT2D eigenvalue weighted by Gasteiger charge is -2.17. The lowest BCUT2D eigenvalue weighted by atomic mass is 9.95. The summed E-state index contributed by atoms with van der Waals surface area (Å²) in [6.07, 6.45) is 4.72. The summed E-state index contributed by atoms with van der Waals surface area (Å²) < 4.78 is 0. The van der Waals surface area contributed by atoms with Gasteiger partial charge in [0, 0.05) is 5.92 Å². The first kappa shape index (κ1) is 17.8. The van der Waals surface area contributed by atoms with Crippen molar-refractivity contribution in [1.82, 2.24) is 9.97 Å². The van der Waals surface area contributed by atoms with Crippen molar-refractivity contribution in [3.8, 4) is 0 Å². The highest BCUT2D eigenvalue weighted by molar-refractivity contribution is 6.00. The lowest BCUT2D eigenvalue weighted by molar-refractivity contribution is -0.120. The Morgan fingerprint density at radius 2 is 2.19 bits per heavy atom. The fraction of sp³-hybridized carbons (Fsp3) is 0.429. The number of imidazole rings is 1. The fourth-order valence-electron chi connectivity index (χ4n) is 2.96. The van der Waals surface area contributed by atoms with Gasteiger partial charge in [-0.05, 0) is 37.4 Å². The average molecular weight is 331 g/mol. The first-order valence-electron chi connectivity index (χ1n) is 6.72. The van der Waals surface area contributed by atoms with Gasteiger partial charge in [0.2, 0.25) is 5.91 Å². The Labute approximate surface area is 135 Å². The third-order valence-corrected chi connectivity index (χ3v) is 4.01. The van der Waals surface area contributed by atoms with Gasteiger partial charge in [0.25, 0.3) is 0 Å². The van der Waals surface area contributed by atoms with E-state index in [-0.39, 0.29) is 36.6 Å². The van der Waals surface area contributed by atoms with E-state index in [2.05, 4.69) is 15.3 Å². The van der Waals surface area contributed by atoms with Crippen LogP contribution in [-0.2, 0) is 4.79 Å². The van der Waals surface area contributed by atoms with Gasteiger partial charge < -0.3 is 16.0 Å². The van der Waals surface area contributed by atoms with Crippen LogP contribution in [0, 0.1) is 11.8 Å². The van der Waals surface area contributed by atoms with Crippen LogP contribution in [-0.4, -0.2) is 22.4 Å². The zero-order valence-corrected chi connectivity index (χ0v) is 13.2. The highest BCUT2D eigenvalue weighted by Gasteiger charge is 2.32. The number of carbonyl (C=O) groups is 1. The van der Waals surface area contributed by atoms with E-state index in [4.69, 9.17) is 5.73 Å². The predicted octanol–water partition coefficient (Wildman–Crippen LogP) is 2.72. The maximum absolute atomic E-state index is 12.3. The van der Waals surface area contributed by atoms with Crippen molar-refractivity contribution >= 4 is 47.4 Å². The van der Waals surface area contributed by atoms with Gasteiger partial charge in [0.1, 0.15) is 5.52 Å². The molecule has 2 atom stereocenters. The number of carbonyl (C=O) groups excluding carboxylic acids is 1. The van der Waals surface area contributed by atoms with Gasteiger partial charge in [-0.3, -0.25) is 4.79 Å². The van der Waals surface area contributed by atoms with Crippen LogP contribution in [0.15, 0.2) is 24.5 Å². The molecular formula is C14H20Cl2N4O. The van der Waals surface area contributed by atoms with Crippen molar-refractivity contribution in [1.29, 1.82) is 0 Å². The second-order valence-corrected chi connectivity index (χ2v) is 5.13. The number of amides is 1. The molecule has 5 nitrogen and oxygen atoms in total. The Hall–Kier alpha value is -1.30. The SMILES string of the molecule is Cl.Cl.NC[C@H]1CCC[C@H]1C(=O)Nc1cccc2[nH]cnc12. The molecule has 116 valence electrons. The number of H-pyrrole nitrogens is 1. The molecule has 4 N–H and O–H groups in total. The molecule has 1 aromatic heterocycles. The Morgan fingerprint density at radius 3 is 2.95 bits per heavy atom. The number of nitrogens with zero attached hydrogens (tertiary/aromatic N) is 1. The summed E-state index contributed by atoms with van der Waals surface area (Å²) in [6.45, 7) is 0.588. The minimum Gasteiger partial charge on any atom is -0.345 e. The van der Waals surface area contributed by atoms with Crippen molar-refractivity contribution in [2.45, 2.75) is 19.3 Å². The normalized spacial score (nSPS) is 20.6. The molecule has 1 aliphatic carbocycles. The number of hydrogen-bond donors (Lipinski definition) is 3. The standard InChI is InChI=1S/C14H18N4O.2ClH/c15-7-9-3-1-4-10(9)14(19)18-12-6-2-5-11-13(12)17-8-16-11;;/h2,5-6,8-10H,1,3-4,7,15H2,(H,16,17)(H,18,19);2*1H/t9-,10-;;/m1../s1. The van der Waals surface area contributed by atoms with Gasteiger partial charge in [-0.15, -0.1) is 24.8 Å². The highest BCUT2D eigenvalue weighted by Crippen LogP contribution is 2.32. The first-order chi connectivity index (χ1) is 9.29. The van der Waals surface area contributed by atoms with Gasteiger partial charge >= 0.3 is 0 Å². The largest absolute Gasteiger partial charge is 0.345 e. The molecule has 0 bridgehead atoms. The summed E-state index contributed by atoms with van der Waals surface area (Å²) >= 11 is 0. The van der Waals surface area contributed by atoms with Crippen LogP contribution in [0.3, 0.4) is 0 Å². The number of benzene rings is 1. The number of nitrogens with two attached hydrogens (primary N) is 1. The van der Waals surface area contributed by atoms with Crippen LogP contribution in [0.25, 0.3) is 11.0 Å². The summed E-state index contributed by atoms with van der Waals surface area (Å²) in [7, 11) is 0. The maximum atomic E-state index is 12.3. The van der Waals surface area contributed by atoms with E-state index in [1.807, 2.05) is 18.2 Å². The number of hydrogen-bond acceptors (Lipinski definition) is 3. The smallest absolute Gasteiger partial charge is 0.227 e. The highest BCUT2D eigenvalue weighted by atomic mass is 35.5. The lowest BCUT2D eigenvalue weighted by Crippen LogP contribution is -2.29. The molecule has 0 aliphatic heterocycles. The third-order valence-electron chi connectivity index (χ3n) is 4.01. The van der Waals surface area contributed by atoms with E-state index in [9.17, 15) is 4.79 Å². The summed E-state index contributed by atoms with van der Waals surface area (Å²) in [5.74, 6) is 0.432. The van der Waals surface area contributed by atoms with Crippen LogP contribution in [0.4, 0.5) is 5.69 Å². The molecule has 1 saturated carbocycles. The first-order valence-corrected chi connectivity index (χ1v) is 6.72. The number of halogens is 2. The third kappa shape index (κ3) is 3.48. The summed E-state index contributed by atoms with van der Waals surface area (Å²) in [4.78, 5) is 19.6. The second-order valence-electron chi connectivity index (χ2n) is 5.13. The van der Waals surface area contributed by atoms with Gasteiger partial charge in [0.05, 0.1) is 17.5 Å². The Balaban J connectivity index is 0.00000110. The van der Waals surface area contributed by atoms with Gasteiger partial charge in [-0.25, -0.2) is 4.98 Å². The zero-order chi connectivity index (χ0) is 13.2. The molecule has 0 spiro atoms. The number of nitrogens with one attached hydrogen (secondary N) is 2. The number of anilines is 1. The average Bonchev–Trinajstić information content (AvgIpc) is 3.07. The molecular weight excluding hydrogens is 311 g/mol. The topological polar surface area (TPSA) is 83.8 Å². The predicted molar refractivity (Wildman–Crippen MR) is 89.1 cm³/mol. The van der Waals surface area contributed by atoms with Crippen molar-refractivity contribution in [2.24, 2.45) is 17.6 Å². The molecule has 1 aromatic carbocycles. The van der Waals surface area contributed by atoms with Gasteiger partial charge in [-0.1, -0.05) is 12.5 Å².